The zero-order valence-corrected chi connectivity index (χ0v) is 19.3. The van der Waals surface area contributed by atoms with Crippen LogP contribution in [-0.4, -0.2) is 36.7 Å². The van der Waals surface area contributed by atoms with Crippen LogP contribution in [-0.2, 0) is 9.84 Å². The maximum absolute atomic E-state index is 12.2. The molecule has 7 nitrogen and oxygen atoms in total. The molecule has 0 spiro atoms. The number of hydrogen-bond acceptors (Lipinski definition) is 7. The number of halogens is 1. The van der Waals surface area contributed by atoms with E-state index in [9.17, 15) is 8.42 Å². The molecule has 0 atom stereocenters. The van der Waals surface area contributed by atoms with E-state index in [1.165, 1.54) is 0 Å². The number of nitrogens with zero attached hydrogens (tertiary/aromatic N) is 2. The van der Waals surface area contributed by atoms with E-state index in [0.29, 0.717) is 34.5 Å². The molecule has 0 saturated carbocycles. The van der Waals surface area contributed by atoms with Gasteiger partial charge in [-0.25, -0.2) is 13.4 Å². The van der Waals surface area contributed by atoms with Gasteiger partial charge in [-0.15, -0.1) is 0 Å². The molecule has 1 heterocycles. The SMILES string of the molecule is Cc1c(Cl)cccc1-c1cc(NCCNc2ccc(S(=O)(=O)C(C)C)cc2)nc(N)n1. The molecule has 0 unspecified atom stereocenters. The van der Waals surface area contributed by atoms with Crippen molar-refractivity contribution in [2.24, 2.45) is 0 Å². The normalized spacial score (nSPS) is 11.5. The number of anilines is 3. The Labute approximate surface area is 188 Å². The number of benzene rings is 2. The van der Waals surface area contributed by atoms with Gasteiger partial charge >= 0.3 is 0 Å². The Morgan fingerprint density at radius 3 is 2.39 bits per heavy atom. The minimum atomic E-state index is -3.27. The van der Waals surface area contributed by atoms with Crippen molar-refractivity contribution >= 4 is 38.9 Å². The summed E-state index contributed by atoms with van der Waals surface area (Å²) in [5, 5.41) is 6.70. The number of nitrogens with one attached hydrogen (secondary N) is 2. The smallest absolute Gasteiger partial charge is 0.222 e. The second-order valence-corrected chi connectivity index (χ2v) is 10.3. The van der Waals surface area contributed by atoms with E-state index in [4.69, 9.17) is 17.3 Å². The van der Waals surface area contributed by atoms with Crippen LogP contribution in [0, 0.1) is 6.92 Å². The molecule has 4 N–H and O–H groups in total. The van der Waals surface area contributed by atoms with E-state index < -0.39 is 15.1 Å². The largest absolute Gasteiger partial charge is 0.383 e. The van der Waals surface area contributed by atoms with Crippen molar-refractivity contribution in [1.82, 2.24) is 9.97 Å². The van der Waals surface area contributed by atoms with Crippen LogP contribution in [0.2, 0.25) is 5.02 Å². The molecule has 0 fully saturated rings. The van der Waals surface area contributed by atoms with Gasteiger partial charge in [0.05, 0.1) is 15.8 Å². The fraction of sp³-hybridized carbons (Fsp3) is 0.273. The van der Waals surface area contributed by atoms with E-state index in [1.807, 2.05) is 31.2 Å². The summed E-state index contributed by atoms with van der Waals surface area (Å²) in [6, 6.07) is 14.2. The lowest BCUT2D eigenvalue weighted by Crippen LogP contribution is -2.16. The van der Waals surface area contributed by atoms with Crippen molar-refractivity contribution in [3.8, 4) is 11.3 Å². The van der Waals surface area contributed by atoms with E-state index in [2.05, 4.69) is 20.6 Å². The molecule has 0 saturated heterocycles. The molecule has 2 aromatic carbocycles. The van der Waals surface area contributed by atoms with Crippen LogP contribution in [0.5, 0.6) is 0 Å². The van der Waals surface area contributed by atoms with Gasteiger partial charge in [-0.2, -0.15) is 4.98 Å². The average molecular weight is 460 g/mol. The highest BCUT2D eigenvalue weighted by Gasteiger charge is 2.18. The van der Waals surface area contributed by atoms with Crippen molar-refractivity contribution in [2.45, 2.75) is 30.9 Å². The molecule has 164 valence electrons. The van der Waals surface area contributed by atoms with Gasteiger partial charge in [-0.05, 0) is 56.7 Å². The van der Waals surface area contributed by atoms with E-state index in [1.54, 1.807) is 38.1 Å². The summed E-state index contributed by atoms with van der Waals surface area (Å²) in [5.74, 6) is 0.788. The average Bonchev–Trinajstić information content (AvgIpc) is 2.73. The minimum absolute atomic E-state index is 0.175. The number of nitrogen functional groups attached to an aromatic ring is 1. The first kappa shape index (κ1) is 22.8. The van der Waals surface area contributed by atoms with Gasteiger partial charge in [0, 0.05) is 35.4 Å². The summed E-state index contributed by atoms with van der Waals surface area (Å²) >= 11 is 6.22. The summed E-state index contributed by atoms with van der Waals surface area (Å²) in [5.41, 5.74) is 9.26. The maximum Gasteiger partial charge on any atom is 0.222 e. The Hall–Kier alpha value is -2.84. The highest BCUT2D eigenvalue weighted by molar-refractivity contribution is 7.92. The Bertz CT molecular complexity index is 1170. The fourth-order valence-electron chi connectivity index (χ4n) is 3.01. The minimum Gasteiger partial charge on any atom is -0.383 e. The third-order valence-corrected chi connectivity index (χ3v) is 7.43. The van der Waals surface area contributed by atoms with Gasteiger partial charge in [0.1, 0.15) is 5.82 Å². The highest BCUT2D eigenvalue weighted by Crippen LogP contribution is 2.28. The Balaban J connectivity index is 1.61. The summed E-state index contributed by atoms with van der Waals surface area (Å²) < 4.78 is 24.4. The Morgan fingerprint density at radius 1 is 1.03 bits per heavy atom. The van der Waals surface area contributed by atoms with Crippen LogP contribution in [0.1, 0.15) is 19.4 Å². The van der Waals surface area contributed by atoms with Crippen LogP contribution < -0.4 is 16.4 Å². The van der Waals surface area contributed by atoms with Crippen LogP contribution >= 0.6 is 11.6 Å². The standard InChI is InChI=1S/C22H26ClN5O2S/c1-14(2)31(29,30)17-9-7-16(8-10-17)25-11-12-26-21-13-20(27-22(24)28-21)18-5-4-6-19(23)15(18)3/h4-10,13-14,25H,11-12H2,1-3H3,(H3,24,26,27,28). The summed E-state index contributed by atoms with van der Waals surface area (Å²) in [7, 11) is -3.27. The molecule has 0 aliphatic rings. The van der Waals surface area contributed by atoms with Crippen LogP contribution in [0.25, 0.3) is 11.3 Å². The topological polar surface area (TPSA) is 110 Å². The molecular weight excluding hydrogens is 434 g/mol. The van der Waals surface area contributed by atoms with E-state index in [-0.39, 0.29) is 5.95 Å². The number of sulfone groups is 1. The number of aromatic nitrogens is 2. The second-order valence-electron chi connectivity index (χ2n) is 7.38. The highest BCUT2D eigenvalue weighted by atomic mass is 35.5. The molecule has 0 radical (unpaired) electrons. The van der Waals surface area contributed by atoms with Crippen molar-refractivity contribution in [3.63, 3.8) is 0 Å². The van der Waals surface area contributed by atoms with Crippen molar-refractivity contribution in [2.75, 3.05) is 29.5 Å². The molecule has 9 heteroatoms. The number of nitrogens with two attached hydrogens (primary N) is 1. The Morgan fingerprint density at radius 2 is 1.71 bits per heavy atom. The van der Waals surface area contributed by atoms with E-state index >= 15 is 0 Å². The molecular formula is C22H26ClN5O2S. The molecule has 0 bridgehead atoms. The van der Waals surface area contributed by atoms with Gasteiger partial charge in [0.25, 0.3) is 0 Å². The molecule has 3 aromatic rings. The first-order valence-corrected chi connectivity index (χ1v) is 11.8. The van der Waals surface area contributed by atoms with Gasteiger partial charge < -0.3 is 16.4 Å². The number of rotatable bonds is 8. The molecule has 3 rings (SSSR count). The van der Waals surface area contributed by atoms with Crippen molar-refractivity contribution in [3.05, 3.63) is 59.1 Å². The van der Waals surface area contributed by atoms with Gasteiger partial charge in [-0.1, -0.05) is 23.7 Å². The molecule has 0 amide bonds. The molecule has 0 aliphatic carbocycles. The molecule has 0 aliphatic heterocycles. The summed E-state index contributed by atoms with van der Waals surface area (Å²) in [6.07, 6.45) is 0. The lowest BCUT2D eigenvalue weighted by Gasteiger charge is -2.12. The monoisotopic (exact) mass is 459 g/mol. The van der Waals surface area contributed by atoms with Crippen molar-refractivity contribution < 1.29 is 8.42 Å². The third-order valence-electron chi connectivity index (χ3n) is 4.85. The quantitative estimate of drug-likeness (QED) is 0.428. The van der Waals surface area contributed by atoms with Gasteiger partial charge in [0.15, 0.2) is 9.84 Å². The van der Waals surface area contributed by atoms with E-state index in [0.717, 1.165) is 16.8 Å². The molecule has 1 aromatic heterocycles. The van der Waals surface area contributed by atoms with Crippen LogP contribution in [0.3, 0.4) is 0 Å². The second kappa shape index (κ2) is 9.53. The summed E-state index contributed by atoms with van der Waals surface area (Å²) in [6.45, 7) is 6.46. The predicted octanol–water partition coefficient (Wildman–Crippen LogP) is 4.39. The van der Waals surface area contributed by atoms with Crippen LogP contribution in [0.4, 0.5) is 17.5 Å². The first-order valence-electron chi connectivity index (χ1n) is 9.90. The van der Waals surface area contributed by atoms with Crippen molar-refractivity contribution in [1.29, 1.82) is 0 Å². The molecule has 31 heavy (non-hydrogen) atoms. The fourth-order valence-corrected chi connectivity index (χ4v) is 4.25. The maximum atomic E-state index is 12.2. The zero-order valence-electron chi connectivity index (χ0n) is 17.7. The lowest BCUT2D eigenvalue weighted by atomic mass is 10.1. The lowest BCUT2D eigenvalue weighted by molar-refractivity contribution is 0.587. The zero-order chi connectivity index (χ0) is 22.6. The van der Waals surface area contributed by atoms with Crippen LogP contribution in [0.15, 0.2) is 53.4 Å². The number of hydrogen-bond donors (Lipinski definition) is 3. The Kier molecular flexibility index (Phi) is 7.02. The third kappa shape index (κ3) is 5.45. The van der Waals surface area contributed by atoms with Gasteiger partial charge in [0.2, 0.25) is 5.95 Å². The first-order chi connectivity index (χ1) is 14.7. The predicted molar refractivity (Wildman–Crippen MR) is 127 cm³/mol. The summed E-state index contributed by atoms with van der Waals surface area (Å²) in [4.78, 5) is 8.89. The van der Waals surface area contributed by atoms with Gasteiger partial charge in [-0.3, -0.25) is 0 Å².